The van der Waals surface area contributed by atoms with Crippen molar-refractivity contribution < 1.29 is 4.74 Å². The molecule has 2 aromatic carbocycles. The maximum absolute atomic E-state index is 6.19. The summed E-state index contributed by atoms with van der Waals surface area (Å²) in [5.74, 6) is 1.41. The third-order valence-corrected chi connectivity index (χ3v) is 5.19. The third-order valence-electron chi connectivity index (χ3n) is 4.05. The van der Waals surface area contributed by atoms with Crippen LogP contribution in [0.1, 0.15) is 12.5 Å². The molecule has 0 unspecified atom stereocenters. The Morgan fingerprint density at radius 3 is 2.64 bits per heavy atom. The molecule has 4 rings (SSSR count). The number of rotatable bonds is 4. The number of hydrogen-bond donors (Lipinski definition) is 0. The van der Waals surface area contributed by atoms with Crippen LogP contribution in [-0.4, -0.2) is 9.97 Å². The van der Waals surface area contributed by atoms with E-state index in [0.717, 1.165) is 39.1 Å². The number of ether oxygens (including phenoxy) is 1. The van der Waals surface area contributed by atoms with Gasteiger partial charge in [-0.05, 0) is 35.7 Å². The summed E-state index contributed by atoms with van der Waals surface area (Å²) in [4.78, 5) is 9.70. The molecule has 0 saturated heterocycles. The van der Waals surface area contributed by atoms with Crippen LogP contribution in [0.15, 0.2) is 60.2 Å². The lowest BCUT2D eigenvalue weighted by atomic mass is 10.1. The van der Waals surface area contributed by atoms with E-state index in [9.17, 15) is 0 Å². The molecule has 0 amide bonds. The molecule has 0 N–H and O–H groups in total. The van der Waals surface area contributed by atoms with Gasteiger partial charge in [-0.15, -0.1) is 11.3 Å². The second-order valence-electron chi connectivity index (χ2n) is 5.58. The summed E-state index contributed by atoms with van der Waals surface area (Å²) < 4.78 is 6.19. The summed E-state index contributed by atoms with van der Waals surface area (Å²) >= 11 is 7.60. The van der Waals surface area contributed by atoms with Crippen molar-refractivity contribution >= 4 is 33.2 Å². The summed E-state index contributed by atoms with van der Waals surface area (Å²) in [7, 11) is 0. The first kappa shape index (κ1) is 16.1. The molecule has 2 heterocycles. The highest BCUT2D eigenvalue weighted by Crippen LogP contribution is 2.39. The molecule has 25 heavy (non-hydrogen) atoms. The van der Waals surface area contributed by atoms with Gasteiger partial charge in [0.15, 0.2) is 0 Å². The molecule has 0 radical (unpaired) electrons. The molecule has 124 valence electrons. The van der Waals surface area contributed by atoms with Crippen LogP contribution in [-0.2, 0) is 6.42 Å². The zero-order chi connectivity index (χ0) is 17.2. The molecule has 0 saturated carbocycles. The Bertz CT molecular complexity index is 1030. The number of halogens is 1. The first-order valence-corrected chi connectivity index (χ1v) is 9.26. The van der Waals surface area contributed by atoms with Gasteiger partial charge in [-0.2, -0.15) is 0 Å². The number of fused-ring (bicyclic) bond motifs is 1. The zero-order valence-electron chi connectivity index (χ0n) is 13.6. The minimum absolute atomic E-state index is 0.581. The summed E-state index contributed by atoms with van der Waals surface area (Å²) in [5.41, 5.74) is 3.28. The van der Waals surface area contributed by atoms with E-state index < -0.39 is 0 Å². The predicted octanol–water partition coefficient (Wildman–Crippen LogP) is 6.37. The minimum atomic E-state index is 0.581. The molecule has 0 spiro atoms. The molecule has 0 atom stereocenters. The van der Waals surface area contributed by atoms with Crippen LogP contribution in [0.4, 0.5) is 0 Å². The molecule has 0 bridgehead atoms. The highest BCUT2D eigenvalue weighted by atomic mass is 35.5. The summed E-state index contributed by atoms with van der Waals surface area (Å²) in [6.07, 6.45) is 2.45. The fraction of sp³-hybridized carbons (Fsp3) is 0.100. The maximum Gasteiger partial charge on any atom is 0.231 e. The van der Waals surface area contributed by atoms with Crippen LogP contribution in [0.2, 0.25) is 5.02 Å². The van der Waals surface area contributed by atoms with Gasteiger partial charge >= 0.3 is 0 Å². The van der Waals surface area contributed by atoms with Crippen LogP contribution in [0.3, 0.4) is 0 Å². The monoisotopic (exact) mass is 366 g/mol. The van der Waals surface area contributed by atoms with Crippen molar-refractivity contribution in [1.29, 1.82) is 0 Å². The number of aromatic nitrogens is 2. The lowest BCUT2D eigenvalue weighted by molar-refractivity contribution is 0.463. The highest BCUT2D eigenvalue weighted by molar-refractivity contribution is 7.17. The summed E-state index contributed by atoms with van der Waals surface area (Å²) in [6.45, 7) is 2.11. The number of nitrogens with zero attached hydrogens (tertiary/aromatic N) is 2. The van der Waals surface area contributed by atoms with Gasteiger partial charge < -0.3 is 4.74 Å². The number of hydrogen-bond acceptors (Lipinski definition) is 4. The quantitative estimate of drug-likeness (QED) is 0.421. The van der Waals surface area contributed by atoms with Crippen molar-refractivity contribution in [3.05, 3.63) is 70.8 Å². The van der Waals surface area contributed by atoms with Gasteiger partial charge in [-0.25, -0.2) is 9.97 Å². The fourth-order valence-electron chi connectivity index (χ4n) is 2.77. The SMILES string of the molecule is CCc1ccccc1Oc1ncnc2scc(-c3ccc(Cl)cc3)c12. The maximum atomic E-state index is 6.19. The molecule has 0 aliphatic carbocycles. The van der Waals surface area contributed by atoms with Gasteiger partial charge in [0.05, 0.1) is 5.39 Å². The van der Waals surface area contributed by atoms with Gasteiger partial charge in [0.1, 0.15) is 16.9 Å². The number of thiophene rings is 1. The van der Waals surface area contributed by atoms with Gasteiger partial charge in [0, 0.05) is 16.0 Å². The fourth-order valence-corrected chi connectivity index (χ4v) is 3.80. The Balaban J connectivity index is 1.84. The van der Waals surface area contributed by atoms with Crippen LogP contribution in [0.25, 0.3) is 21.3 Å². The largest absolute Gasteiger partial charge is 0.438 e. The lowest BCUT2D eigenvalue weighted by Crippen LogP contribution is -1.94. The molecule has 0 aliphatic heterocycles. The van der Waals surface area contributed by atoms with E-state index in [1.807, 2.05) is 42.5 Å². The van der Waals surface area contributed by atoms with Crippen LogP contribution < -0.4 is 4.74 Å². The first-order chi connectivity index (χ1) is 12.3. The van der Waals surface area contributed by atoms with Crippen molar-refractivity contribution in [2.45, 2.75) is 13.3 Å². The molecule has 4 aromatic rings. The van der Waals surface area contributed by atoms with E-state index in [2.05, 4.69) is 28.3 Å². The summed E-state index contributed by atoms with van der Waals surface area (Å²) in [5, 5.41) is 3.73. The number of benzene rings is 2. The van der Waals surface area contributed by atoms with E-state index in [4.69, 9.17) is 16.3 Å². The first-order valence-electron chi connectivity index (χ1n) is 8.00. The molecule has 2 aromatic heterocycles. The van der Waals surface area contributed by atoms with E-state index in [-0.39, 0.29) is 0 Å². The van der Waals surface area contributed by atoms with Crippen molar-refractivity contribution in [2.24, 2.45) is 0 Å². The molecule has 5 heteroatoms. The van der Waals surface area contributed by atoms with E-state index in [1.165, 1.54) is 0 Å². The molecular weight excluding hydrogens is 352 g/mol. The smallest absolute Gasteiger partial charge is 0.231 e. The van der Waals surface area contributed by atoms with Crippen molar-refractivity contribution in [3.63, 3.8) is 0 Å². The van der Waals surface area contributed by atoms with Crippen molar-refractivity contribution in [2.75, 3.05) is 0 Å². The summed E-state index contributed by atoms with van der Waals surface area (Å²) in [6, 6.07) is 15.8. The Morgan fingerprint density at radius 2 is 1.84 bits per heavy atom. The van der Waals surface area contributed by atoms with E-state index in [0.29, 0.717) is 10.9 Å². The average Bonchev–Trinajstić information content (AvgIpc) is 3.08. The molecule has 0 fully saturated rings. The van der Waals surface area contributed by atoms with E-state index in [1.54, 1.807) is 17.7 Å². The van der Waals surface area contributed by atoms with Gasteiger partial charge in [-0.3, -0.25) is 0 Å². The molecule has 3 nitrogen and oxygen atoms in total. The van der Waals surface area contributed by atoms with E-state index >= 15 is 0 Å². The Kier molecular flexibility index (Phi) is 4.38. The normalized spacial score (nSPS) is 11.0. The topological polar surface area (TPSA) is 35.0 Å². The molecular formula is C20H15ClN2OS. The zero-order valence-corrected chi connectivity index (χ0v) is 15.1. The minimum Gasteiger partial charge on any atom is -0.438 e. The second-order valence-corrected chi connectivity index (χ2v) is 6.87. The second kappa shape index (κ2) is 6.82. The van der Waals surface area contributed by atoms with Crippen molar-refractivity contribution in [3.8, 4) is 22.8 Å². The van der Waals surface area contributed by atoms with Gasteiger partial charge in [-0.1, -0.05) is 48.9 Å². The lowest BCUT2D eigenvalue weighted by Gasteiger charge is -2.10. The predicted molar refractivity (Wildman–Crippen MR) is 104 cm³/mol. The standard InChI is InChI=1S/C20H15ClN2OS/c1-2-13-5-3-4-6-17(13)24-19-18-16(11-25-20(18)23-12-22-19)14-7-9-15(21)10-8-14/h3-12H,2H2,1H3. The van der Waals surface area contributed by atoms with Crippen LogP contribution in [0, 0.1) is 0 Å². The Morgan fingerprint density at radius 1 is 1.04 bits per heavy atom. The molecule has 0 aliphatic rings. The van der Waals surface area contributed by atoms with Crippen LogP contribution >= 0.6 is 22.9 Å². The highest BCUT2D eigenvalue weighted by Gasteiger charge is 2.15. The third kappa shape index (κ3) is 3.11. The van der Waals surface area contributed by atoms with Gasteiger partial charge in [0.2, 0.25) is 5.88 Å². The number of para-hydroxylation sites is 1. The Hall–Kier alpha value is -2.43. The van der Waals surface area contributed by atoms with Crippen molar-refractivity contribution in [1.82, 2.24) is 9.97 Å². The van der Waals surface area contributed by atoms with Crippen LogP contribution in [0.5, 0.6) is 11.6 Å². The van der Waals surface area contributed by atoms with Gasteiger partial charge in [0.25, 0.3) is 0 Å². The number of aryl methyl sites for hydroxylation is 1. The average molecular weight is 367 g/mol. The Labute approximate surface area is 154 Å².